The van der Waals surface area contributed by atoms with Gasteiger partial charge in [-0.2, -0.15) is 4.98 Å². The first-order valence-electron chi connectivity index (χ1n) is 13.6. The molecule has 2 aromatic carbocycles. The first-order valence-corrected chi connectivity index (χ1v) is 15.8. The molecule has 11 nitrogen and oxygen atoms in total. The van der Waals surface area contributed by atoms with Gasteiger partial charge >= 0.3 is 6.09 Å². The first-order chi connectivity index (χ1) is 19.8. The Morgan fingerprint density at radius 3 is 2.40 bits per heavy atom. The molecule has 2 aliphatic heterocycles. The Hall–Kier alpha value is -3.35. The lowest BCUT2D eigenvalue weighted by molar-refractivity contribution is -0.136. The predicted molar refractivity (Wildman–Crippen MR) is 162 cm³/mol. The molecule has 2 fully saturated rings. The fourth-order valence-corrected chi connectivity index (χ4v) is 6.86. The molecule has 2 saturated heterocycles. The normalized spacial score (nSPS) is 17.9. The zero-order valence-corrected chi connectivity index (χ0v) is 25.8. The smallest absolute Gasteiger partial charge is 0.410 e. The number of benzene rings is 2. The zero-order valence-electron chi connectivity index (χ0n) is 23.5. The lowest BCUT2D eigenvalue weighted by Crippen LogP contribution is -2.55. The van der Waals surface area contributed by atoms with Crippen LogP contribution in [0.1, 0.15) is 33.6 Å². The number of carbonyl (C=O) groups is 2. The number of likely N-dealkylation sites (tertiary alicyclic amines) is 1. The van der Waals surface area contributed by atoms with Gasteiger partial charge in [0.1, 0.15) is 16.5 Å². The zero-order chi connectivity index (χ0) is 30.2. The van der Waals surface area contributed by atoms with Crippen molar-refractivity contribution < 1.29 is 22.7 Å². The van der Waals surface area contributed by atoms with Crippen LogP contribution >= 0.6 is 23.2 Å². The molecule has 3 aromatic rings. The maximum absolute atomic E-state index is 13.4. The molecular weight excluding hydrogens is 603 g/mol. The Labute approximate surface area is 254 Å². The largest absolute Gasteiger partial charge is 0.444 e. The van der Waals surface area contributed by atoms with Crippen LogP contribution in [-0.4, -0.2) is 84.6 Å². The molecule has 42 heavy (non-hydrogen) atoms. The molecule has 0 bridgehead atoms. The quantitative estimate of drug-likeness (QED) is 0.425. The number of halogens is 2. The van der Waals surface area contributed by atoms with E-state index in [4.69, 9.17) is 27.9 Å². The van der Waals surface area contributed by atoms with E-state index in [0.29, 0.717) is 61.0 Å². The number of ether oxygens (including phenoxy) is 1. The van der Waals surface area contributed by atoms with Crippen molar-refractivity contribution in [2.45, 2.75) is 50.2 Å². The molecule has 2 amide bonds. The number of anilines is 2. The fraction of sp³-hybridized carbons (Fsp3) is 0.429. The number of carbonyl (C=O) groups excluding carboxylic acids is 2. The van der Waals surface area contributed by atoms with Gasteiger partial charge in [0, 0.05) is 43.1 Å². The summed E-state index contributed by atoms with van der Waals surface area (Å²) in [5.74, 6) is 0.335. The summed E-state index contributed by atoms with van der Waals surface area (Å²) in [5, 5.41) is 0.825. The number of hydrogen-bond acceptors (Lipinski definition) is 8. The van der Waals surface area contributed by atoms with E-state index in [1.807, 2.05) is 11.0 Å². The highest BCUT2D eigenvalue weighted by molar-refractivity contribution is 7.92. The minimum Gasteiger partial charge on any atom is -0.444 e. The fourth-order valence-electron chi connectivity index (χ4n) is 5.06. The van der Waals surface area contributed by atoms with Crippen molar-refractivity contribution in [1.82, 2.24) is 19.8 Å². The highest BCUT2D eigenvalue weighted by atomic mass is 35.5. The van der Waals surface area contributed by atoms with Gasteiger partial charge in [-0.15, -0.1) is 0 Å². The minimum absolute atomic E-state index is 0.0122. The molecule has 0 saturated carbocycles. The summed E-state index contributed by atoms with van der Waals surface area (Å²) in [6.45, 7) is 7.54. The Morgan fingerprint density at radius 2 is 1.71 bits per heavy atom. The number of para-hydroxylation sites is 1. The van der Waals surface area contributed by atoms with Crippen molar-refractivity contribution in [3.63, 3.8) is 0 Å². The van der Waals surface area contributed by atoms with E-state index in [1.165, 1.54) is 23.1 Å². The number of nitrogens with zero attached hydrogens (tertiary/aromatic N) is 5. The number of aromatic nitrogens is 2. The van der Waals surface area contributed by atoms with E-state index in [0.717, 1.165) is 6.42 Å². The van der Waals surface area contributed by atoms with Gasteiger partial charge in [-0.3, -0.25) is 14.4 Å². The number of fused-ring (bicyclic) bond motifs is 1. The summed E-state index contributed by atoms with van der Waals surface area (Å²) in [6.07, 6.45) is 0.852. The number of piperazine rings is 1. The average molecular weight is 636 g/mol. The number of sulfonamides is 1. The molecule has 14 heteroatoms. The van der Waals surface area contributed by atoms with Crippen LogP contribution in [0.15, 0.2) is 47.4 Å². The maximum atomic E-state index is 13.4. The Bertz CT molecular complexity index is 1620. The summed E-state index contributed by atoms with van der Waals surface area (Å²) in [5.41, 5.74) is -0.0905. The van der Waals surface area contributed by atoms with Crippen molar-refractivity contribution in [2.75, 3.05) is 42.3 Å². The molecule has 224 valence electrons. The third-order valence-corrected chi connectivity index (χ3v) is 9.10. The Morgan fingerprint density at radius 1 is 1.00 bits per heavy atom. The van der Waals surface area contributed by atoms with Crippen molar-refractivity contribution >= 4 is 67.9 Å². The third kappa shape index (κ3) is 6.50. The van der Waals surface area contributed by atoms with Crippen molar-refractivity contribution in [3.8, 4) is 0 Å². The first kappa shape index (κ1) is 30.1. The number of hydrogen-bond donors (Lipinski definition) is 1. The van der Waals surface area contributed by atoms with Crippen LogP contribution in [0.4, 0.5) is 16.6 Å². The summed E-state index contributed by atoms with van der Waals surface area (Å²) < 4.78 is 34.6. The van der Waals surface area contributed by atoms with Crippen LogP contribution in [0.25, 0.3) is 10.9 Å². The SMILES string of the molecule is CC(C)(C)OC(=O)N1CCC[C@@H]1C(=O)N1CCN(c2nc(NS(=O)(=O)c3ccc(Cl)cc3Cl)c3ccccc3n2)CC1. The summed E-state index contributed by atoms with van der Waals surface area (Å²) in [7, 11) is -4.10. The minimum atomic E-state index is -4.10. The number of amides is 2. The topological polar surface area (TPSA) is 125 Å². The molecule has 1 atom stereocenters. The van der Waals surface area contributed by atoms with Gasteiger partial charge in [-0.05, 0) is 63.9 Å². The number of nitrogens with one attached hydrogen (secondary N) is 1. The lowest BCUT2D eigenvalue weighted by Gasteiger charge is -2.37. The Kier molecular flexibility index (Phi) is 8.41. The number of rotatable bonds is 5. The molecule has 0 unspecified atom stereocenters. The van der Waals surface area contributed by atoms with Gasteiger partial charge in [-0.1, -0.05) is 35.3 Å². The van der Waals surface area contributed by atoms with Gasteiger partial charge in [-0.25, -0.2) is 18.2 Å². The van der Waals surface area contributed by atoms with Crippen LogP contribution in [0.5, 0.6) is 0 Å². The van der Waals surface area contributed by atoms with Crippen LogP contribution in [0.3, 0.4) is 0 Å². The average Bonchev–Trinajstić information content (AvgIpc) is 3.42. The predicted octanol–water partition coefficient (Wildman–Crippen LogP) is 4.79. The van der Waals surface area contributed by atoms with Crippen molar-refractivity contribution in [3.05, 3.63) is 52.5 Å². The van der Waals surface area contributed by atoms with Crippen molar-refractivity contribution in [1.29, 1.82) is 0 Å². The molecule has 2 aliphatic rings. The monoisotopic (exact) mass is 634 g/mol. The van der Waals surface area contributed by atoms with E-state index >= 15 is 0 Å². The van der Waals surface area contributed by atoms with Crippen LogP contribution in [0.2, 0.25) is 10.0 Å². The highest BCUT2D eigenvalue weighted by Gasteiger charge is 2.39. The highest BCUT2D eigenvalue weighted by Crippen LogP contribution is 2.30. The molecule has 1 N–H and O–H groups in total. The standard InChI is InChI=1S/C28H32Cl2N6O5S/c1-28(2,3)41-27(38)36-12-6-9-22(36)25(37)34-13-15-35(16-14-34)26-31-21-8-5-4-7-19(21)24(32-26)33-42(39,40)23-11-10-18(29)17-20(23)30/h4-5,7-8,10-11,17,22H,6,9,12-16H2,1-3H3,(H,31,32,33)/t22-/m1/s1. The van der Waals surface area contributed by atoms with E-state index in [1.54, 1.807) is 43.9 Å². The van der Waals surface area contributed by atoms with Gasteiger partial charge < -0.3 is 14.5 Å². The van der Waals surface area contributed by atoms with E-state index in [2.05, 4.69) is 14.7 Å². The summed E-state index contributed by atoms with van der Waals surface area (Å²) in [4.78, 5) is 40.4. The second kappa shape index (κ2) is 11.7. The summed E-state index contributed by atoms with van der Waals surface area (Å²) in [6, 6.07) is 10.7. The van der Waals surface area contributed by atoms with Gasteiger partial charge in [0.15, 0.2) is 5.82 Å². The van der Waals surface area contributed by atoms with Gasteiger partial charge in [0.25, 0.3) is 10.0 Å². The molecule has 0 radical (unpaired) electrons. The maximum Gasteiger partial charge on any atom is 0.410 e. The second-order valence-electron chi connectivity index (χ2n) is 11.2. The van der Waals surface area contributed by atoms with Crippen LogP contribution < -0.4 is 9.62 Å². The lowest BCUT2D eigenvalue weighted by atomic mass is 10.1. The van der Waals surface area contributed by atoms with Crippen molar-refractivity contribution in [2.24, 2.45) is 0 Å². The molecule has 1 aromatic heterocycles. The van der Waals surface area contributed by atoms with E-state index in [-0.39, 0.29) is 21.6 Å². The molecule has 5 rings (SSSR count). The third-order valence-electron chi connectivity index (χ3n) is 7.05. The van der Waals surface area contributed by atoms with Gasteiger partial charge in [0.2, 0.25) is 11.9 Å². The van der Waals surface area contributed by atoms with Gasteiger partial charge in [0.05, 0.1) is 10.5 Å². The molecule has 0 aliphatic carbocycles. The van der Waals surface area contributed by atoms with Crippen LogP contribution in [0, 0.1) is 0 Å². The molecule has 0 spiro atoms. The Balaban J connectivity index is 1.33. The van der Waals surface area contributed by atoms with Crippen LogP contribution in [-0.2, 0) is 19.6 Å². The second-order valence-corrected chi connectivity index (χ2v) is 13.7. The molecule has 3 heterocycles. The van der Waals surface area contributed by atoms with E-state index < -0.39 is 27.8 Å². The molecular formula is C28H32Cl2N6O5S. The van der Waals surface area contributed by atoms with E-state index in [9.17, 15) is 18.0 Å². The summed E-state index contributed by atoms with van der Waals surface area (Å²) >= 11 is 12.1.